The van der Waals surface area contributed by atoms with Gasteiger partial charge in [0.25, 0.3) is 0 Å². The van der Waals surface area contributed by atoms with Crippen LogP contribution in [0.3, 0.4) is 0 Å². The second-order valence-corrected chi connectivity index (χ2v) is 6.89. The fourth-order valence-electron chi connectivity index (χ4n) is 5.13. The molecule has 0 amide bonds. The zero-order valence-electron chi connectivity index (χ0n) is 12.1. The number of hydrogen-bond acceptors (Lipinski definition) is 1. The maximum Gasteiger partial charge on any atom is 0.0539 e. The van der Waals surface area contributed by atoms with Crippen LogP contribution in [0.2, 0.25) is 0 Å². The molecule has 1 aliphatic carbocycles. The van der Waals surface area contributed by atoms with Gasteiger partial charge in [-0.15, -0.1) is 0 Å². The van der Waals surface area contributed by atoms with Crippen LogP contribution in [-0.4, -0.2) is 22.6 Å². The summed E-state index contributed by atoms with van der Waals surface area (Å²) in [6.07, 6.45) is 12.6. The largest absolute Gasteiger partial charge is 0.316 e. The van der Waals surface area contributed by atoms with Crippen LogP contribution >= 0.6 is 0 Å². The monoisotopic (exact) mass is 266 g/mol. The molecule has 0 unspecified atom stereocenters. The van der Waals surface area contributed by atoms with Crippen molar-refractivity contribution in [1.29, 1.82) is 0 Å². The number of piperidine rings is 1. The minimum Gasteiger partial charge on any atom is -0.316 e. The second-order valence-electron chi connectivity index (χ2n) is 6.89. The van der Waals surface area contributed by atoms with E-state index in [1.165, 1.54) is 62.7 Å². The van der Waals surface area contributed by atoms with Gasteiger partial charge in [0.1, 0.15) is 0 Å². The lowest BCUT2D eigenvalue weighted by atomic mass is 9.78. The lowest BCUT2D eigenvalue weighted by Crippen LogP contribution is -2.46. The number of rotatable bonds is 0. The summed E-state index contributed by atoms with van der Waals surface area (Å²) in [4.78, 5) is 2.75. The molecule has 1 saturated heterocycles. The van der Waals surface area contributed by atoms with E-state index in [1.807, 2.05) is 0 Å². The van der Waals surface area contributed by atoms with Crippen molar-refractivity contribution in [3.8, 4) is 0 Å². The van der Waals surface area contributed by atoms with E-state index in [2.05, 4.69) is 28.2 Å². The van der Waals surface area contributed by atoms with Crippen molar-refractivity contribution in [3.05, 3.63) is 28.4 Å². The molecule has 1 fully saturated rings. The van der Waals surface area contributed by atoms with Crippen LogP contribution in [0, 0.1) is 5.92 Å². The summed E-state index contributed by atoms with van der Waals surface area (Å²) in [5.41, 5.74) is 4.63. The average Bonchev–Trinajstić information content (AvgIpc) is 2.82. The average molecular weight is 266 g/mol. The highest BCUT2D eigenvalue weighted by molar-refractivity contribution is 5.56. The molecule has 0 spiro atoms. The second kappa shape index (κ2) is 3.88. The van der Waals surface area contributed by atoms with Gasteiger partial charge in [0.05, 0.1) is 6.04 Å². The lowest BCUT2D eigenvalue weighted by Gasteiger charge is -2.48. The maximum absolute atomic E-state index is 4.43. The molecule has 3 aliphatic heterocycles. The smallest absolute Gasteiger partial charge is 0.0539 e. The third-order valence-electron chi connectivity index (χ3n) is 5.85. The van der Waals surface area contributed by atoms with Gasteiger partial charge in [0.2, 0.25) is 0 Å². The van der Waals surface area contributed by atoms with Crippen molar-refractivity contribution < 1.29 is 0 Å². The molecule has 5 rings (SSSR count). The first-order valence-corrected chi connectivity index (χ1v) is 8.20. The molecular formula is C18H22N2. The fourth-order valence-corrected chi connectivity index (χ4v) is 5.13. The third kappa shape index (κ3) is 1.28. The van der Waals surface area contributed by atoms with Crippen LogP contribution in [0.5, 0.6) is 0 Å². The molecule has 1 aromatic heterocycles. The van der Waals surface area contributed by atoms with E-state index in [0.717, 1.165) is 5.92 Å². The fraction of sp³-hybridized carbons (Fsp3) is 0.556. The highest BCUT2D eigenvalue weighted by Gasteiger charge is 2.42. The quantitative estimate of drug-likeness (QED) is 0.697. The minimum atomic E-state index is 0.686. The van der Waals surface area contributed by atoms with Gasteiger partial charge in [-0.25, -0.2) is 0 Å². The molecule has 104 valence electrons. The molecule has 0 radical (unpaired) electrons. The molecule has 0 aromatic carbocycles. The molecule has 2 heteroatoms. The summed E-state index contributed by atoms with van der Waals surface area (Å²) in [6, 6.07) is 0.686. The predicted octanol–water partition coefficient (Wildman–Crippen LogP) is 2.03. The molecule has 0 bridgehead atoms. The van der Waals surface area contributed by atoms with E-state index in [-0.39, 0.29) is 0 Å². The summed E-state index contributed by atoms with van der Waals surface area (Å²) >= 11 is 0. The number of nitrogens with zero attached hydrogens (tertiary/aromatic N) is 2. The van der Waals surface area contributed by atoms with Gasteiger partial charge in [0.15, 0.2) is 0 Å². The van der Waals surface area contributed by atoms with Crippen LogP contribution in [0.1, 0.15) is 49.4 Å². The maximum atomic E-state index is 4.43. The molecule has 4 heterocycles. The zero-order chi connectivity index (χ0) is 13.3. The van der Waals surface area contributed by atoms with Crippen molar-refractivity contribution >= 4 is 17.8 Å². The van der Waals surface area contributed by atoms with Gasteiger partial charge < -0.3 is 4.57 Å². The molecule has 20 heavy (non-hydrogen) atoms. The lowest BCUT2D eigenvalue weighted by molar-refractivity contribution is 0.0740. The van der Waals surface area contributed by atoms with Crippen LogP contribution in [-0.2, 0) is 6.42 Å². The van der Waals surface area contributed by atoms with Crippen LogP contribution < -0.4 is 10.6 Å². The first kappa shape index (κ1) is 11.4. The molecular weight excluding hydrogens is 244 g/mol. The van der Waals surface area contributed by atoms with Crippen LogP contribution in [0.15, 0.2) is 6.58 Å². The molecule has 0 N–H and O–H groups in total. The summed E-state index contributed by atoms with van der Waals surface area (Å²) in [6.45, 7) is 7.00. The molecule has 1 aromatic rings. The van der Waals surface area contributed by atoms with E-state index < -0.39 is 0 Å². The number of aromatic nitrogens is 1. The Morgan fingerprint density at radius 3 is 3.00 bits per heavy atom. The SMILES string of the molecule is C=C1C[C@@H]2CCCN3CCc4c(n1c1c4=CCCC=1)[C@@H]23. The number of fused-ring (bicyclic) bond motifs is 3. The summed E-state index contributed by atoms with van der Waals surface area (Å²) in [5.74, 6) is 0.819. The van der Waals surface area contributed by atoms with Crippen molar-refractivity contribution in [1.82, 2.24) is 9.47 Å². The van der Waals surface area contributed by atoms with Gasteiger partial charge in [0, 0.05) is 23.3 Å². The first-order valence-electron chi connectivity index (χ1n) is 8.20. The van der Waals surface area contributed by atoms with Gasteiger partial charge in [-0.1, -0.05) is 18.7 Å². The molecule has 0 saturated carbocycles. The number of allylic oxidation sites excluding steroid dienone is 1. The Balaban J connectivity index is 1.87. The predicted molar refractivity (Wildman–Crippen MR) is 82.5 cm³/mol. The van der Waals surface area contributed by atoms with Gasteiger partial charge in [-0.05, 0) is 61.8 Å². The van der Waals surface area contributed by atoms with Crippen molar-refractivity contribution in [2.45, 2.75) is 44.6 Å². The Labute approximate surface area is 120 Å². The van der Waals surface area contributed by atoms with Crippen LogP contribution in [0.4, 0.5) is 0 Å². The molecule has 2 atom stereocenters. The molecule has 4 aliphatic rings. The van der Waals surface area contributed by atoms with E-state index in [4.69, 9.17) is 0 Å². The minimum absolute atomic E-state index is 0.686. The standard InChI is InChI=1S/C18H22N2/c1-12-11-13-5-4-9-19-10-8-15-14-6-2-3-7-16(14)20(12)18(15)17(13)19/h6-7,13,17H,1-5,8-11H2/t13-,17+/m0/s1. The third-order valence-corrected chi connectivity index (χ3v) is 5.85. The Kier molecular flexibility index (Phi) is 2.21. The summed E-state index contributed by atoms with van der Waals surface area (Å²) in [7, 11) is 0. The molecule has 2 nitrogen and oxygen atoms in total. The first-order chi connectivity index (χ1) is 9.84. The van der Waals surface area contributed by atoms with Gasteiger partial charge >= 0.3 is 0 Å². The van der Waals surface area contributed by atoms with E-state index in [1.54, 1.807) is 16.5 Å². The van der Waals surface area contributed by atoms with Gasteiger partial charge in [-0.3, -0.25) is 4.90 Å². The van der Waals surface area contributed by atoms with Crippen molar-refractivity contribution in [2.75, 3.05) is 13.1 Å². The highest BCUT2D eigenvalue weighted by atomic mass is 15.2. The summed E-state index contributed by atoms with van der Waals surface area (Å²) < 4.78 is 2.54. The summed E-state index contributed by atoms with van der Waals surface area (Å²) in [5, 5.41) is 3.02. The van der Waals surface area contributed by atoms with Crippen molar-refractivity contribution in [3.63, 3.8) is 0 Å². The topological polar surface area (TPSA) is 8.17 Å². The Bertz CT molecular complexity index is 722. The highest BCUT2D eigenvalue weighted by Crippen LogP contribution is 2.46. The van der Waals surface area contributed by atoms with Crippen LogP contribution in [0.25, 0.3) is 17.8 Å². The zero-order valence-corrected chi connectivity index (χ0v) is 12.1. The Hall–Kier alpha value is -1.28. The van der Waals surface area contributed by atoms with Gasteiger partial charge in [-0.2, -0.15) is 0 Å². The Morgan fingerprint density at radius 2 is 2.05 bits per heavy atom. The number of hydrogen-bond donors (Lipinski definition) is 0. The Morgan fingerprint density at radius 1 is 1.15 bits per heavy atom. The van der Waals surface area contributed by atoms with E-state index in [0.29, 0.717) is 6.04 Å². The van der Waals surface area contributed by atoms with E-state index >= 15 is 0 Å². The van der Waals surface area contributed by atoms with E-state index in [9.17, 15) is 0 Å². The van der Waals surface area contributed by atoms with Crippen molar-refractivity contribution in [2.24, 2.45) is 5.92 Å². The normalized spacial score (nSPS) is 31.1.